The predicted octanol–water partition coefficient (Wildman–Crippen LogP) is 1.62. The average Bonchev–Trinajstić information content (AvgIpc) is 2.85. The van der Waals surface area contributed by atoms with Crippen molar-refractivity contribution in [2.45, 2.75) is 38.6 Å². The molecule has 1 heterocycles. The molecule has 0 radical (unpaired) electrons. The minimum absolute atomic E-state index is 0.151. The van der Waals surface area contributed by atoms with Crippen LogP contribution in [0.1, 0.15) is 41.0 Å². The van der Waals surface area contributed by atoms with Gasteiger partial charge in [-0.3, -0.25) is 4.79 Å². The first-order valence-electron chi connectivity index (χ1n) is 7.48. The van der Waals surface area contributed by atoms with E-state index in [1.165, 1.54) is 0 Å². The molecule has 0 bridgehead atoms. The molecule has 23 heavy (non-hydrogen) atoms. The molecule has 1 aromatic carbocycles. The summed E-state index contributed by atoms with van der Waals surface area (Å²) in [7, 11) is 0. The summed E-state index contributed by atoms with van der Waals surface area (Å²) in [5, 5.41) is 19.8. The standard InChI is InChI=1S/C16H18N4O3/c1-10-4-6-12(7-5-10)20-11(2)13(18-19-20)14(21)17-16(15(22)23)8-3-9-16/h4-7H,3,8-9H2,1-2H3,(H,17,21)(H,22,23). The van der Waals surface area contributed by atoms with E-state index in [2.05, 4.69) is 15.6 Å². The molecule has 2 N–H and O–H groups in total. The number of carboxylic acids is 1. The van der Waals surface area contributed by atoms with Crippen molar-refractivity contribution >= 4 is 11.9 Å². The molecule has 0 atom stereocenters. The number of hydrogen-bond donors (Lipinski definition) is 2. The second-order valence-electron chi connectivity index (χ2n) is 5.97. The van der Waals surface area contributed by atoms with E-state index in [1.54, 1.807) is 11.6 Å². The Kier molecular flexibility index (Phi) is 3.63. The molecule has 7 heteroatoms. The monoisotopic (exact) mass is 314 g/mol. The van der Waals surface area contributed by atoms with Crippen LogP contribution < -0.4 is 5.32 Å². The van der Waals surface area contributed by atoms with Gasteiger partial charge in [0, 0.05) is 0 Å². The molecule has 120 valence electrons. The number of benzene rings is 1. The SMILES string of the molecule is Cc1ccc(-n2nnc(C(=O)NC3(C(=O)O)CCC3)c2C)cc1. The highest BCUT2D eigenvalue weighted by molar-refractivity contribution is 5.97. The predicted molar refractivity (Wildman–Crippen MR) is 82.5 cm³/mol. The van der Waals surface area contributed by atoms with E-state index in [4.69, 9.17) is 0 Å². The van der Waals surface area contributed by atoms with Crippen LogP contribution in [0.25, 0.3) is 5.69 Å². The van der Waals surface area contributed by atoms with Gasteiger partial charge in [0.25, 0.3) is 5.91 Å². The molecule has 0 saturated heterocycles. The lowest BCUT2D eigenvalue weighted by Gasteiger charge is -2.37. The molecule has 1 aliphatic carbocycles. The van der Waals surface area contributed by atoms with Crippen LogP contribution in [0, 0.1) is 13.8 Å². The first-order valence-corrected chi connectivity index (χ1v) is 7.48. The smallest absolute Gasteiger partial charge is 0.329 e. The minimum Gasteiger partial charge on any atom is -0.480 e. The Bertz CT molecular complexity index is 760. The van der Waals surface area contributed by atoms with Gasteiger partial charge < -0.3 is 10.4 Å². The first-order chi connectivity index (χ1) is 10.9. The van der Waals surface area contributed by atoms with Crippen molar-refractivity contribution in [1.82, 2.24) is 20.3 Å². The number of aryl methyl sites for hydroxylation is 1. The Morgan fingerprint density at radius 2 is 1.87 bits per heavy atom. The van der Waals surface area contributed by atoms with Crippen molar-refractivity contribution in [3.05, 3.63) is 41.2 Å². The Hall–Kier alpha value is -2.70. The van der Waals surface area contributed by atoms with Crippen LogP contribution in [0.15, 0.2) is 24.3 Å². The minimum atomic E-state index is -1.16. The summed E-state index contributed by atoms with van der Waals surface area (Å²) in [4.78, 5) is 23.7. The van der Waals surface area contributed by atoms with Crippen LogP contribution in [0.2, 0.25) is 0 Å². The summed E-state index contributed by atoms with van der Waals surface area (Å²) in [6.45, 7) is 3.73. The maximum Gasteiger partial charge on any atom is 0.329 e. The number of carbonyl (C=O) groups is 2. The highest BCUT2D eigenvalue weighted by Gasteiger charge is 2.46. The second-order valence-corrected chi connectivity index (χ2v) is 5.97. The van der Waals surface area contributed by atoms with E-state index in [-0.39, 0.29) is 5.69 Å². The average molecular weight is 314 g/mol. The lowest BCUT2D eigenvalue weighted by molar-refractivity contribution is -0.148. The summed E-state index contributed by atoms with van der Waals surface area (Å²) >= 11 is 0. The molecule has 0 spiro atoms. The number of nitrogens with zero attached hydrogens (tertiary/aromatic N) is 3. The van der Waals surface area contributed by atoms with Crippen LogP contribution in [-0.4, -0.2) is 37.5 Å². The first kappa shape index (κ1) is 15.2. The summed E-state index contributed by atoms with van der Waals surface area (Å²) in [6.07, 6.45) is 1.68. The topological polar surface area (TPSA) is 97.1 Å². The summed E-state index contributed by atoms with van der Waals surface area (Å²) in [6, 6.07) is 7.68. The molecule has 2 aromatic rings. The molecule has 0 aliphatic heterocycles. The van der Waals surface area contributed by atoms with E-state index in [0.29, 0.717) is 18.5 Å². The molecule has 7 nitrogen and oxygen atoms in total. The Balaban J connectivity index is 1.85. The van der Waals surface area contributed by atoms with Crippen LogP contribution in [0.3, 0.4) is 0 Å². The van der Waals surface area contributed by atoms with E-state index >= 15 is 0 Å². The third-order valence-electron chi connectivity index (χ3n) is 4.36. The van der Waals surface area contributed by atoms with Gasteiger partial charge in [0.1, 0.15) is 5.54 Å². The van der Waals surface area contributed by atoms with Crippen LogP contribution >= 0.6 is 0 Å². The zero-order valence-electron chi connectivity index (χ0n) is 13.0. The lowest BCUT2D eigenvalue weighted by atomic mass is 9.76. The number of rotatable bonds is 4. The van der Waals surface area contributed by atoms with E-state index in [0.717, 1.165) is 17.7 Å². The van der Waals surface area contributed by atoms with Gasteiger partial charge in [0.15, 0.2) is 5.69 Å². The quantitative estimate of drug-likeness (QED) is 0.894. The summed E-state index contributed by atoms with van der Waals surface area (Å²) in [5.41, 5.74) is 1.50. The zero-order valence-corrected chi connectivity index (χ0v) is 13.0. The summed E-state index contributed by atoms with van der Waals surface area (Å²) in [5.74, 6) is -1.50. The molecular formula is C16H18N4O3. The van der Waals surface area contributed by atoms with Crippen LogP contribution in [0.5, 0.6) is 0 Å². The number of aromatic nitrogens is 3. The van der Waals surface area contributed by atoms with Crippen molar-refractivity contribution in [2.24, 2.45) is 0 Å². The number of amides is 1. The van der Waals surface area contributed by atoms with Gasteiger partial charge in [0.05, 0.1) is 11.4 Å². The van der Waals surface area contributed by atoms with Crippen LogP contribution in [-0.2, 0) is 4.79 Å². The molecule has 0 unspecified atom stereocenters. The van der Waals surface area contributed by atoms with Gasteiger partial charge in [-0.05, 0) is 45.2 Å². The van der Waals surface area contributed by atoms with Crippen molar-refractivity contribution in [3.63, 3.8) is 0 Å². The number of aliphatic carboxylic acids is 1. The third kappa shape index (κ3) is 2.58. The molecular weight excluding hydrogens is 296 g/mol. The normalized spacial score (nSPS) is 15.7. The fourth-order valence-electron chi connectivity index (χ4n) is 2.67. The number of hydrogen-bond acceptors (Lipinski definition) is 4. The van der Waals surface area contributed by atoms with Crippen molar-refractivity contribution in [3.8, 4) is 5.69 Å². The largest absolute Gasteiger partial charge is 0.480 e. The highest BCUT2D eigenvalue weighted by atomic mass is 16.4. The zero-order chi connectivity index (χ0) is 16.6. The van der Waals surface area contributed by atoms with E-state index < -0.39 is 17.4 Å². The van der Waals surface area contributed by atoms with Gasteiger partial charge in [-0.2, -0.15) is 0 Å². The third-order valence-corrected chi connectivity index (χ3v) is 4.36. The Morgan fingerprint density at radius 3 is 2.39 bits per heavy atom. The van der Waals surface area contributed by atoms with Gasteiger partial charge in [-0.15, -0.1) is 5.10 Å². The fraction of sp³-hybridized carbons (Fsp3) is 0.375. The maximum atomic E-state index is 12.4. The number of nitrogens with one attached hydrogen (secondary N) is 1. The van der Waals surface area contributed by atoms with E-state index in [9.17, 15) is 14.7 Å². The fourth-order valence-corrected chi connectivity index (χ4v) is 2.67. The van der Waals surface area contributed by atoms with Gasteiger partial charge in [0.2, 0.25) is 0 Å². The van der Waals surface area contributed by atoms with E-state index in [1.807, 2.05) is 31.2 Å². The molecule has 1 saturated carbocycles. The van der Waals surface area contributed by atoms with Gasteiger partial charge >= 0.3 is 5.97 Å². The highest BCUT2D eigenvalue weighted by Crippen LogP contribution is 2.32. The molecule has 1 aromatic heterocycles. The van der Waals surface area contributed by atoms with Gasteiger partial charge in [-0.25, -0.2) is 9.48 Å². The van der Waals surface area contributed by atoms with Crippen molar-refractivity contribution < 1.29 is 14.7 Å². The molecule has 1 fully saturated rings. The Morgan fingerprint density at radius 1 is 1.22 bits per heavy atom. The molecule has 1 amide bonds. The molecule has 3 rings (SSSR count). The lowest BCUT2D eigenvalue weighted by Crippen LogP contribution is -2.59. The Labute approximate surface area is 133 Å². The van der Waals surface area contributed by atoms with Gasteiger partial charge in [-0.1, -0.05) is 22.9 Å². The number of carboxylic acid groups (broad SMARTS) is 1. The number of carbonyl (C=O) groups excluding carboxylic acids is 1. The van der Waals surface area contributed by atoms with Crippen molar-refractivity contribution in [1.29, 1.82) is 0 Å². The van der Waals surface area contributed by atoms with Crippen molar-refractivity contribution in [2.75, 3.05) is 0 Å². The summed E-state index contributed by atoms with van der Waals surface area (Å²) < 4.78 is 1.57. The molecule has 1 aliphatic rings. The maximum absolute atomic E-state index is 12.4. The van der Waals surface area contributed by atoms with Crippen LogP contribution in [0.4, 0.5) is 0 Å². The second kappa shape index (κ2) is 5.49.